The molecule has 5 aliphatic rings. The van der Waals surface area contributed by atoms with Crippen molar-refractivity contribution in [3.05, 3.63) is 12.2 Å². The molecule has 11 atom stereocenters. The lowest BCUT2D eigenvalue weighted by atomic mass is 9.31. The maximum Gasteiger partial charge on any atom is 0.310 e. The van der Waals surface area contributed by atoms with Gasteiger partial charge in [0.25, 0.3) is 0 Å². The summed E-state index contributed by atoms with van der Waals surface area (Å²) in [5, 5.41) is 34.2. The number of hydrogen-bond acceptors (Lipinski definition) is 3. The number of hydrogen-bond donors (Lipinski definition) is 3. The van der Waals surface area contributed by atoms with E-state index in [2.05, 4.69) is 60.6 Å². The van der Waals surface area contributed by atoms with Crippen molar-refractivity contribution in [3.63, 3.8) is 0 Å². The highest BCUT2D eigenvalue weighted by Crippen LogP contribution is 2.76. The fourth-order valence-corrected chi connectivity index (χ4v) is 11.0. The predicted octanol–water partition coefficient (Wildman–Crippen LogP) is 6.06. The van der Waals surface area contributed by atoms with Gasteiger partial charge in [-0.3, -0.25) is 4.79 Å². The van der Waals surface area contributed by atoms with Crippen LogP contribution < -0.4 is 0 Å². The molecule has 0 heterocycles. The second kappa shape index (κ2) is 7.12. The smallest absolute Gasteiger partial charge is 0.310 e. The minimum Gasteiger partial charge on any atom is -0.481 e. The molecular weight excluding hydrogens is 424 g/mol. The number of rotatable bonds is 1. The molecule has 3 N–H and O–H groups in total. The number of carbonyl (C=O) groups is 1. The monoisotopic (exact) mass is 472 g/mol. The van der Waals surface area contributed by atoms with Gasteiger partial charge in [0.2, 0.25) is 0 Å². The first-order valence-corrected chi connectivity index (χ1v) is 13.9. The van der Waals surface area contributed by atoms with Gasteiger partial charge in [-0.15, -0.1) is 0 Å². The van der Waals surface area contributed by atoms with Crippen LogP contribution in [0.15, 0.2) is 12.2 Å². The number of aliphatic carboxylic acids is 1. The molecule has 192 valence electrons. The van der Waals surface area contributed by atoms with Gasteiger partial charge in [-0.05, 0) is 91.3 Å². The van der Waals surface area contributed by atoms with Gasteiger partial charge in [0.1, 0.15) is 0 Å². The Balaban J connectivity index is 1.66. The third kappa shape index (κ3) is 2.61. The Hall–Kier alpha value is -0.870. The van der Waals surface area contributed by atoms with Crippen LogP contribution in [0.25, 0.3) is 0 Å². The zero-order chi connectivity index (χ0) is 25.1. The van der Waals surface area contributed by atoms with Crippen LogP contribution >= 0.6 is 0 Å². The van der Waals surface area contributed by atoms with Crippen LogP contribution in [0.3, 0.4) is 0 Å². The van der Waals surface area contributed by atoms with Crippen molar-refractivity contribution in [1.82, 2.24) is 0 Å². The number of aliphatic hydroxyl groups is 2. The minimum atomic E-state index is -1.12. The van der Waals surface area contributed by atoms with E-state index in [4.69, 9.17) is 0 Å². The summed E-state index contributed by atoms with van der Waals surface area (Å²) in [5.41, 5.74) is -2.46. The molecule has 5 rings (SSSR count). The Morgan fingerprint density at radius 3 is 2.24 bits per heavy atom. The summed E-state index contributed by atoms with van der Waals surface area (Å²) in [5.74, 6) is 0.378. The Kier molecular flexibility index (Phi) is 5.20. The molecule has 0 radical (unpaired) electrons. The third-order valence-electron chi connectivity index (χ3n) is 13.6. The molecule has 0 aromatic rings. The summed E-state index contributed by atoms with van der Waals surface area (Å²) in [7, 11) is 0. The Morgan fingerprint density at radius 2 is 1.59 bits per heavy atom. The number of fused-ring (bicyclic) bond motifs is 7. The van der Waals surface area contributed by atoms with Gasteiger partial charge in [-0.25, -0.2) is 0 Å². The van der Waals surface area contributed by atoms with Gasteiger partial charge < -0.3 is 15.3 Å². The second-order valence-corrected chi connectivity index (χ2v) is 14.7. The Bertz CT molecular complexity index is 909. The van der Waals surface area contributed by atoms with Crippen molar-refractivity contribution in [1.29, 1.82) is 0 Å². The van der Waals surface area contributed by atoms with Gasteiger partial charge in [-0.2, -0.15) is 0 Å². The summed E-state index contributed by atoms with van der Waals surface area (Å²) in [6, 6.07) is 0. The molecule has 0 aromatic heterocycles. The van der Waals surface area contributed by atoms with Crippen molar-refractivity contribution in [2.24, 2.45) is 56.7 Å². The lowest BCUT2D eigenvalue weighted by Gasteiger charge is -2.74. The Labute approximate surface area is 206 Å². The average molecular weight is 473 g/mol. The Morgan fingerprint density at radius 1 is 0.912 bits per heavy atom. The van der Waals surface area contributed by atoms with E-state index in [1.54, 1.807) is 0 Å². The summed E-state index contributed by atoms with van der Waals surface area (Å²) < 4.78 is 0. The third-order valence-corrected chi connectivity index (χ3v) is 13.6. The highest BCUT2D eigenvalue weighted by atomic mass is 16.4. The van der Waals surface area contributed by atoms with Crippen LogP contribution in [0.1, 0.15) is 99.8 Å². The van der Waals surface area contributed by atoms with Crippen molar-refractivity contribution in [3.8, 4) is 0 Å². The molecule has 34 heavy (non-hydrogen) atoms. The molecule has 0 spiro atoms. The van der Waals surface area contributed by atoms with Gasteiger partial charge in [0.15, 0.2) is 0 Å². The summed E-state index contributed by atoms with van der Waals surface area (Å²) >= 11 is 0. The maximum absolute atomic E-state index is 12.8. The number of aliphatic hydroxyl groups excluding tert-OH is 1. The first-order valence-electron chi connectivity index (χ1n) is 13.9. The SMILES string of the molecule is C[C@H]1[C@H](C)CC[C@]2(C(=O)O)CC[C@]3(C)[C@](O)(C=C[C@@H]4[C@@]5(C)CC[C@H](O)C(C)(C)[C@@H]5CC[C@]43C)[C@H]12. The van der Waals surface area contributed by atoms with E-state index in [0.29, 0.717) is 30.6 Å². The summed E-state index contributed by atoms with van der Waals surface area (Å²) in [4.78, 5) is 12.8. The average Bonchev–Trinajstić information content (AvgIpc) is 2.75. The number of allylic oxidation sites excluding steroid dienone is 1. The first kappa shape index (κ1) is 24.8. The van der Waals surface area contributed by atoms with Crippen LogP contribution in [0.4, 0.5) is 0 Å². The van der Waals surface area contributed by atoms with E-state index in [9.17, 15) is 20.1 Å². The van der Waals surface area contributed by atoms with Crippen molar-refractivity contribution in [2.75, 3.05) is 0 Å². The molecule has 4 heteroatoms. The normalized spacial score (nSPS) is 58.1. The molecule has 5 aliphatic carbocycles. The largest absolute Gasteiger partial charge is 0.481 e. The van der Waals surface area contributed by atoms with Gasteiger partial charge in [0.05, 0.1) is 17.1 Å². The van der Waals surface area contributed by atoms with Crippen molar-refractivity contribution < 1.29 is 20.1 Å². The minimum absolute atomic E-state index is 0.0728. The number of carboxylic acid groups (broad SMARTS) is 1. The van der Waals surface area contributed by atoms with Crippen LogP contribution in [-0.2, 0) is 4.79 Å². The molecule has 4 nitrogen and oxygen atoms in total. The van der Waals surface area contributed by atoms with Crippen LogP contribution in [0.2, 0.25) is 0 Å². The van der Waals surface area contributed by atoms with Crippen LogP contribution in [0, 0.1) is 56.7 Å². The molecule has 4 saturated carbocycles. The molecule has 0 saturated heterocycles. The van der Waals surface area contributed by atoms with Crippen molar-refractivity contribution >= 4 is 5.97 Å². The molecule has 0 unspecified atom stereocenters. The molecule has 0 aliphatic heterocycles. The number of carboxylic acids is 1. The van der Waals surface area contributed by atoms with Crippen molar-refractivity contribution in [2.45, 2.75) is 112 Å². The van der Waals surface area contributed by atoms with E-state index in [0.717, 1.165) is 38.5 Å². The molecular formula is C30H48O4. The highest BCUT2D eigenvalue weighted by Gasteiger charge is 2.75. The van der Waals surface area contributed by atoms with E-state index in [-0.39, 0.29) is 39.6 Å². The van der Waals surface area contributed by atoms with E-state index >= 15 is 0 Å². The zero-order valence-corrected chi connectivity index (χ0v) is 22.5. The quantitative estimate of drug-likeness (QED) is 0.405. The van der Waals surface area contributed by atoms with E-state index in [1.807, 2.05) is 0 Å². The summed E-state index contributed by atoms with van der Waals surface area (Å²) in [6.07, 6.45) is 11.1. The van der Waals surface area contributed by atoms with Gasteiger partial charge >= 0.3 is 5.97 Å². The zero-order valence-electron chi connectivity index (χ0n) is 22.5. The standard InChI is InChI=1S/C30H48O4/c1-18-8-14-29(24(32)33)17-16-28(7)27(6)13-9-20-25(3,4)22(31)11-12-26(20,5)21(27)10-15-30(28,34)23(29)19(18)2/h10,15,18-23,31,34H,8-9,11-14,16-17H2,1-7H3,(H,32,33)/t18-,19+,20+,21-,22+,23-,26+,27-,28+,29+,30+/m1/s1. The fourth-order valence-electron chi connectivity index (χ4n) is 11.0. The topological polar surface area (TPSA) is 77.8 Å². The predicted molar refractivity (Wildman–Crippen MR) is 134 cm³/mol. The molecule has 0 bridgehead atoms. The molecule has 0 aromatic carbocycles. The second-order valence-electron chi connectivity index (χ2n) is 14.7. The van der Waals surface area contributed by atoms with Gasteiger partial charge in [-0.1, -0.05) is 60.6 Å². The lowest BCUT2D eigenvalue weighted by Crippen LogP contribution is -2.74. The van der Waals surface area contributed by atoms with Gasteiger partial charge in [0, 0.05) is 11.3 Å². The van der Waals surface area contributed by atoms with Crippen LogP contribution in [-0.4, -0.2) is 33.0 Å². The van der Waals surface area contributed by atoms with Crippen LogP contribution in [0.5, 0.6) is 0 Å². The fraction of sp³-hybridized carbons (Fsp3) is 0.900. The molecule has 4 fully saturated rings. The lowest BCUT2D eigenvalue weighted by molar-refractivity contribution is -0.277. The maximum atomic E-state index is 12.8. The van der Waals surface area contributed by atoms with E-state index in [1.165, 1.54) is 0 Å². The summed E-state index contributed by atoms with van der Waals surface area (Å²) in [6.45, 7) is 16.1. The highest BCUT2D eigenvalue weighted by molar-refractivity contribution is 5.76. The first-order chi connectivity index (χ1) is 15.6. The van der Waals surface area contributed by atoms with E-state index < -0.39 is 17.0 Å². The molecule has 0 amide bonds.